The minimum atomic E-state index is -2.05. The van der Waals surface area contributed by atoms with Gasteiger partial charge in [-0.25, -0.2) is 4.98 Å². The summed E-state index contributed by atoms with van der Waals surface area (Å²) in [5, 5.41) is 36.4. The largest absolute Gasteiger partial charge is 0.445 e. The fourth-order valence-corrected chi connectivity index (χ4v) is 2.25. The van der Waals surface area contributed by atoms with E-state index < -0.39 is 23.7 Å². The molecule has 108 valence electrons. The molecule has 2 aromatic rings. The maximum atomic E-state index is 9.93. The van der Waals surface area contributed by atoms with Crippen LogP contribution in [0.1, 0.15) is 10.8 Å². The van der Waals surface area contributed by atoms with Gasteiger partial charge in [-0.2, -0.15) is 12.6 Å². The summed E-state index contributed by atoms with van der Waals surface area (Å²) >= 11 is 4.25. The van der Waals surface area contributed by atoms with E-state index >= 15 is 0 Å². The van der Waals surface area contributed by atoms with Gasteiger partial charge < -0.3 is 24.8 Å². The van der Waals surface area contributed by atoms with Crippen LogP contribution in [0.15, 0.2) is 41.1 Å². The van der Waals surface area contributed by atoms with Gasteiger partial charge >= 0.3 is 0 Å². The average Bonchev–Trinajstić information content (AvgIpc) is 2.98. The molecule has 0 aliphatic carbocycles. The van der Waals surface area contributed by atoms with Crippen LogP contribution in [-0.4, -0.2) is 43.9 Å². The highest BCUT2D eigenvalue weighted by molar-refractivity contribution is 7.80. The Hall–Kier alpha value is -1.38. The number of aliphatic hydroxyl groups excluding tert-OH is 3. The van der Waals surface area contributed by atoms with Gasteiger partial charge in [0, 0.05) is 5.56 Å². The molecule has 1 aromatic heterocycles. The van der Waals surface area contributed by atoms with E-state index in [2.05, 4.69) is 17.6 Å². The Balaban J connectivity index is 2.33. The second-order valence-corrected chi connectivity index (χ2v) is 4.82. The Bertz CT molecular complexity index is 545. The van der Waals surface area contributed by atoms with Gasteiger partial charge in [-0.1, -0.05) is 18.2 Å². The highest BCUT2D eigenvalue weighted by Gasteiger charge is 2.31. The molecule has 0 bridgehead atoms. The Morgan fingerprint density at radius 2 is 1.75 bits per heavy atom. The van der Waals surface area contributed by atoms with Crippen LogP contribution in [0.25, 0.3) is 11.5 Å². The van der Waals surface area contributed by atoms with Crippen LogP contribution in [0.4, 0.5) is 0 Å². The third kappa shape index (κ3) is 3.02. The summed E-state index contributed by atoms with van der Waals surface area (Å²) in [6.45, 7) is 0. The Kier molecular flexibility index (Phi) is 4.79. The molecule has 2 rings (SSSR count). The van der Waals surface area contributed by atoms with Crippen molar-refractivity contribution in [1.29, 1.82) is 0 Å². The lowest BCUT2D eigenvalue weighted by atomic mass is 9.98. The molecule has 3 atom stereocenters. The van der Waals surface area contributed by atoms with Gasteiger partial charge in [-0.05, 0) is 11.6 Å². The van der Waals surface area contributed by atoms with Gasteiger partial charge in [0.15, 0.2) is 6.29 Å². The lowest BCUT2D eigenvalue weighted by Gasteiger charge is -2.25. The predicted octanol–water partition coefficient (Wildman–Crippen LogP) is 0.345. The molecule has 0 saturated carbocycles. The van der Waals surface area contributed by atoms with Crippen molar-refractivity contribution in [3.63, 3.8) is 0 Å². The lowest BCUT2D eigenvalue weighted by Crippen LogP contribution is -2.39. The summed E-state index contributed by atoms with van der Waals surface area (Å²) < 4.78 is 5.21. The first kappa shape index (κ1) is 15.0. The molecule has 0 radical (unpaired) electrons. The summed E-state index contributed by atoms with van der Waals surface area (Å²) in [5.74, 6) is 0.353. The highest BCUT2D eigenvalue weighted by atomic mass is 32.1. The summed E-state index contributed by atoms with van der Waals surface area (Å²) in [5.41, 5.74) is 1.17. The minimum Gasteiger partial charge on any atom is -0.445 e. The van der Waals surface area contributed by atoms with Crippen LogP contribution in [0.3, 0.4) is 0 Å². The van der Waals surface area contributed by atoms with E-state index in [9.17, 15) is 10.2 Å². The molecule has 3 unspecified atom stereocenters. The van der Waals surface area contributed by atoms with Crippen LogP contribution < -0.4 is 0 Å². The molecule has 0 amide bonds. The minimum absolute atomic E-state index is 0.353. The van der Waals surface area contributed by atoms with Crippen molar-refractivity contribution in [2.24, 2.45) is 0 Å². The van der Waals surface area contributed by atoms with Gasteiger partial charge in [0.1, 0.15) is 18.5 Å². The first-order valence-electron chi connectivity index (χ1n) is 5.91. The molecular weight excluding hydrogens is 282 g/mol. The number of hydrogen-bond donors (Lipinski definition) is 5. The summed E-state index contributed by atoms with van der Waals surface area (Å²) in [4.78, 5) is 4.03. The summed E-state index contributed by atoms with van der Waals surface area (Å²) in [6.07, 6.45) is -2.33. The normalized spacial score (nSPS) is 16.1. The third-order valence-corrected chi connectivity index (χ3v) is 3.50. The number of rotatable bonds is 5. The van der Waals surface area contributed by atoms with Crippen molar-refractivity contribution in [3.05, 3.63) is 42.3 Å². The number of hydrogen-bond acceptors (Lipinski definition) is 7. The predicted molar refractivity (Wildman–Crippen MR) is 73.9 cm³/mol. The molecule has 0 fully saturated rings. The second kappa shape index (κ2) is 6.38. The maximum absolute atomic E-state index is 9.93. The SMILES string of the molecule is OC(O)C(O)C(O)C(S)c1ccccc1-c1ncco1. The Morgan fingerprint density at radius 3 is 2.35 bits per heavy atom. The molecular formula is C13H15NO5S. The molecule has 1 aromatic carbocycles. The average molecular weight is 297 g/mol. The van der Waals surface area contributed by atoms with Crippen LogP contribution >= 0.6 is 12.6 Å². The van der Waals surface area contributed by atoms with Crippen LogP contribution in [0, 0.1) is 0 Å². The first-order chi connectivity index (χ1) is 9.52. The number of benzene rings is 1. The summed E-state index contributed by atoms with van der Waals surface area (Å²) in [6, 6.07) is 6.93. The number of oxazole rings is 1. The smallest absolute Gasteiger partial charge is 0.226 e. The van der Waals surface area contributed by atoms with Gasteiger partial charge in [0.05, 0.1) is 11.4 Å². The molecule has 0 aliphatic heterocycles. The number of nitrogens with zero attached hydrogens (tertiary/aromatic N) is 1. The van der Waals surface area contributed by atoms with E-state index in [4.69, 9.17) is 14.6 Å². The van der Waals surface area contributed by atoms with E-state index in [1.165, 1.54) is 12.5 Å². The molecule has 7 heteroatoms. The van der Waals surface area contributed by atoms with E-state index in [1.807, 2.05) is 0 Å². The van der Waals surface area contributed by atoms with Crippen molar-refractivity contribution < 1.29 is 24.8 Å². The molecule has 0 saturated heterocycles. The maximum Gasteiger partial charge on any atom is 0.226 e. The quantitative estimate of drug-likeness (QED) is 0.402. The zero-order chi connectivity index (χ0) is 14.7. The first-order valence-corrected chi connectivity index (χ1v) is 6.43. The van der Waals surface area contributed by atoms with Gasteiger partial charge in [-0.3, -0.25) is 0 Å². The molecule has 4 N–H and O–H groups in total. The van der Waals surface area contributed by atoms with E-state index in [-0.39, 0.29) is 0 Å². The van der Waals surface area contributed by atoms with Gasteiger partial charge in [0.25, 0.3) is 0 Å². The second-order valence-electron chi connectivity index (χ2n) is 4.26. The Morgan fingerprint density at radius 1 is 1.05 bits per heavy atom. The number of thiol groups is 1. The molecule has 6 nitrogen and oxygen atoms in total. The zero-order valence-electron chi connectivity index (χ0n) is 10.4. The highest BCUT2D eigenvalue weighted by Crippen LogP contribution is 2.33. The van der Waals surface area contributed by atoms with Crippen LogP contribution in [-0.2, 0) is 0 Å². The molecule has 0 aliphatic rings. The topological polar surface area (TPSA) is 107 Å². The fourth-order valence-electron chi connectivity index (χ4n) is 1.85. The molecule has 1 heterocycles. The van der Waals surface area contributed by atoms with Crippen molar-refractivity contribution in [1.82, 2.24) is 4.98 Å². The third-order valence-electron chi connectivity index (χ3n) is 2.92. The summed E-state index contributed by atoms with van der Waals surface area (Å²) in [7, 11) is 0. The van der Waals surface area contributed by atoms with Crippen molar-refractivity contribution in [3.8, 4) is 11.5 Å². The van der Waals surface area contributed by atoms with Crippen LogP contribution in [0.5, 0.6) is 0 Å². The monoisotopic (exact) mass is 297 g/mol. The van der Waals surface area contributed by atoms with E-state index in [0.29, 0.717) is 17.0 Å². The van der Waals surface area contributed by atoms with Crippen molar-refractivity contribution in [2.75, 3.05) is 0 Å². The van der Waals surface area contributed by atoms with Crippen molar-refractivity contribution >= 4 is 12.6 Å². The fraction of sp³-hybridized carbons (Fsp3) is 0.308. The van der Waals surface area contributed by atoms with E-state index in [1.54, 1.807) is 24.3 Å². The van der Waals surface area contributed by atoms with Gasteiger partial charge in [-0.15, -0.1) is 0 Å². The van der Waals surface area contributed by atoms with Gasteiger partial charge in [0.2, 0.25) is 5.89 Å². The van der Waals surface area contributed by atoms with Crippen LogP contribution in [0.2, 0.25) is 0 Å². The number of aliphatic hydroxyl groups is 4. The van der Waals surface area contributed by atoms with E-state index in [0.717, 1.165) is 0 Å². The van der Waals surface area contributed by atoms with Crippen molar-refractivity contribution in [2.45, 2.75) is 23.7 Å². The zero-order valence-corrected chi connectivity index (χ0v) is 11.3. The Labute approximate surface area is 120 Å². The molecule has 0 spiro atoms. The standard InChI is InChI=1S/C13H15NO5S/c15-9(10(16)13(17)18)11(20)7-3-1-2-4-8(7)12-14-5-6-19-12/h1-6,9-11,13,15-18,20H. The number of aromatic nitrogens is 1. The molecule has 20 heavy (non-hydrogen) atoms. The lowest BCUT2D eigenvalue weighted by molar-refractivity contribution is -0.157.